The highest BCUT2D eigenvalue weighted by Crippen LogP contribution is 2.27. The van der Waals surface area contributed by atoms with Crippen LogP contribution in [0.15, 0.2) is 51.9 Å². The van der Waals surface area contributed by atoms with Crippen LogP contribution in [0.25, 0.3) is 11.0 Å². The first-order chi connectivity index (χ1) is 13.1. The Bertz CT molecular complexity index is 1060. The molecule has 4 rings (SSSR count). The van der Waals surface area contributed by atoms with E-state index >= 15 is 0 Å². The van der Waals surface area contributed by atoms with Crippen LogP contribution in [0, 0.1) is 0 Å². The van der Waals surface area contributed by atoms with Crippen molar-refractivity contribution in [3.8, 4) is 0 Å². The molecule has 7 nitrogen and oxygen atoms in total. The number of halogens is 1. The number of anilines is 2. The van der Waals surface area contributed by atoms with Gasteiger partial charge in [0.15, 0.2) is 11.6 Å². The smallest absolute Gasteiger partial charge is 0.251 e. The number of hydrogen-bond acceptors (Lipinski definition) is 5. The monoisotopic (exact) mass is 427 g/mol. The lowest BCUT2D eigenvalue weighted by molar-refractivity contribution is -0.116. The highest BCUT2D eigenvalue weighted by molar-refractivity contribution is 9.10. The highest BCUT2D eigenvalue weighted by Gasteiger charge is 2.20. The molecule has 1 fully saturated rings. The highest BCUT2D eigenvalue weighted by atomic mass is 79.9. The molecule has 0 bridgehead atoms. The van der Waals surface area contributed by atoms with Crippen molar-refractivity contribution in [2.24, 2.45) is 0 Å². The number of amides is 1. The topological polar surface area (TPSA) is 80.1 Å². The predicted octanol–water partition coefficient (Wildman–Crippen LogP) is 2.79. The number of nitrogens with zero attached hydrogens (tertiary/aromatic N) is 4. The lowest BCUT2D eigenvalue weighted by Crippen LogP contribution is -2.28. The number of benzene rings is 1. The number of fused-ring (bicyclic) bond motifs is 1. The Hall–Kier alpha value is -2.74. The van der Waals surface area contributed by atoms with Crippen molar-refractivity contribution >= 4 is 44.5 Å². The van der Waals surface area contributed by atoms with Crippen molar-refractivity contribution < 1.29 is 4.79 Å². The molecule has 1 aromatic carbocycles. The maximum atomic E-state index is 12.6. The molecule has 0 atom stereocenters. The molecule has 3 aromatic rings. The van der Waals surface area contributed by atoms with Gasteiger partial charge in [0.1, 0.15) is 6.54 Å². The summed E-state index contributed by atoms with van der Waals surface area (Å²) in [5.74, 6) is 0.796. The Morgan fingerprint density at radius 3 is 2.52 bits per heavy atom. The summed E-state index contributed by atoms with van der Waals surface area (Å²) >= 11 is 3.32. The molecule has 1 aliphatic heterocycles. The number of rotatable bonds is 4. The molecule has 1 aliphatic rings. The molecule has 0 aliphatic carbocycles. The van der Waals surface area contributed by atoms with E-state index in [0.717, 1.165) is 41.4 Å². The van der Waals surface area contributed by atoms with Crippen LogP contribution in [0.4, 0.5) is 11.6 Å². The van der Waals surface area contributed by atoms with E-state index in [4.69, 9.17) is 4.98 Å². The standard InChI is InChI=1S/C19H18BrN5O2/c20-13-7-8-17(27)25(11-13)12-16(26)23-18-19(24-9-3-4-10-24)22-15-6-2-1-5-14(15)21-18/h1-2,5-8,11H,3-4,9-10,12H2,(H,21,23,26). The van der Waals surface area contributed by atoms with Crippen LogP contribution in [0.3, 0.4) is 0 Å². The summed E-state index contributed by atoms with van der Waals surface area (Å²) in [6.07, 6.45) is 3.78. The molecule has 3 heterocycles. The van der Waals surface area contributed by atoms with Gasteiger partial charge in [0.2, 0.25) is 5.91 Å². The fourth-order valence-corrected chi connectivity index (χ4v) is 3.56. The van der Waals surface area contributed by atoms with Crippen molar-refractivity contribution in [3.05, 3.63) is 57.4 Å². The third-order valence-electron chi connectivity index (χ3n) is 4.48. The average Bonchev–Trinajstić information content (AvgIpc) is 3.18. The van der Waals surface area contributed by atoms with Gasteiger partial charge in [-0.2, -0.15) is 0 Å². The fraction of sp³-hybridized carbons (Fsp3) is 0.263. The molecular weight excluding hydrogens is 410 g/mol. The van der Waals surface area contributed by atoms with Gasteiger partial charge in [0.05, 0.1) is 11.0 Å². The zero-order valence-corrected chi connectivity index (χ0v) is 16.1. The van der Waals surface area contributed by atoms with Crippen molar-refractivity contribution in [1.82, 2.24) is 14.5 Å². The first-order valence-electron chi connectivity index (χ1n) is 8.78. The van der Waals surface area contributed by atoms with Crippen molar-refractivity contribution in [3.63, 3.8) is 0 Å². The molecule has 1 amide bonds. The second-order valence-electron chi connectivity index (χ2n) is 6.44. The Kier molecular flexibility index (Phi) is 4.89. The summed E-state index contributed by atoms with van der Waals surface area (Å²) in [4.78, 5) is 36.0. The third kappa shape index (κ3) is 3.85. The lowest BCUT2D eigenvalue weighted by atomic mass is 10.3. The Labute approximate surface area is 164 Å². The Morgan fingerprint density at radius 2 is 1.78 bits per heavy atom. The van der Waals surface area contributed by atoms with Crippen molar-refractivity contribution in [2.45, 2.75) is 19.4 Å². The zero-order chi connectivity index (χ0) is 18.8. The second-order valence-corrected chi connectivity index (χ2v) is 7.36. The van der Waals surface area contributed by atoms with E-state index in [-0.39, 0.29) is 18.0 Å². The molecule has 8 heteroatoms. The first-order valence-corrected chi connectivity index (χ1v) is 9.57. The molecule has 27 heavy (non-hydrogen) atoms. The van der Waals surface area contributed by atoms with E-state index in [1.807, 2.05) is 24.3 Å². The summed E-state index contributed by atoms with van der Waals surface area (Å²) in [7, 11) is 0. The minimum Gasteiger partial charge on any atom is -0.354 e. The fourth-order valence-electron chi connectivity index (χ4n) is 3.18. The zero-order valence-electron chi connectivity index (χ0n) is 14.6. The largest absolute Gasteiger partial charge is 0.354 e. The predicted molar refractivity (Wildman–Crippen MR) is 108 cm³/mol. The molecule has 0 saturated carbocycles. The number of aromatic nitrogens is 3. The van der Waals surface area contributed by atoms with Crippen LogP contribution in [0.5, 0.6) is 0 Å². The van der Waals surface area contributed by atoms with Gasteiger partial charge in [-0.1, -0.05) is 12.1 Å². The van der Waals surface area contributed by atoms with Gasteiger partial charge in [-0.25, -0.2) is 9.97 Å². The van der Waals surface area contributed by atoms with Gasteiger partial charge in [-0.3, -0.25) is 9.59 Å². The SMILES string of the molecule is O=C(Cn1cc(Br)ccc1=O)Nc1nc2ccccc2nc1N1CCCC1. The van der Waals surface area contributed by atoms with Crippen molar-refractivity contribution in [2.75, 3.05) is 23.3 Å². The quantitative estimate of drug-likeness (QED) is 0.692. The maximum absolute atomic E-state index is 12.6. The molecule has 138 valence electrons. The van der Waals surface area contributed by atoms with E-state index in [0.29, 0.717) is 11.6 Å². The molecule has 0 unspecified atom stereocenters. The first kappa shape index (κ1) is 17.7. The number of pyridine rings is 1. The molecule has 1 N–H and O–H groups in total. The second kappa shape index (κ2) is 7.48. The van der Waals surface area contributed by atoms with Gasteiger partial charge in [0, 0.05) is 29.8 Å². The molecule has 0 radical (unpaired) electrons. The van der Waals surface area contributed by atoms with E-state index in [2.05, 4.69) is 31.1 Å². The average molecular weight is 428 g/mol. The summed E-state index contributed by atoms with van der Waals surface area (Å²) < 4.78 is 2.09. The van der Waals surface area contributed by atoms with Crippen molar-refractivity contribution in [1.29, 1.82) is 0 Å². The maximum Gasteiger partial charge on any atom is 0.251 e. The molecule has 0 spiro atoms. The van der Waals surface area contributed by atoms with E-state index in [1.165, 1.54) is 10.6 Å². The number of nitrogens with one attached hydrogen (secondary N) is 1. The number of carbonyl (C=O) groups is 1. The van der Waals surface area contributed by atoms with Crippen LogP contribution in [0.1, 0.15) is 12.8 Å². The Balaban J connectivity index is 1.65. The van der Waals surface area contributed by atoms with Gasteiger partial charge < -0.3 is 14.8 Å². The molecule has 1 saturated heterocycles. The van der Waals surface area contributed by atoms with Gasteiger partial charge in [-0.15, -0.1) is 0 Å². The van der Waals surface area contributed by atoms with Crippen LogP contribution in [-0.2, 0) is 11.3 Å². The summed E-state index contributed by atoms with van der Waals surface area (Å²) in [6.45, 7) is 1.69. The van der Waals surface area contributed by atoms with Gasteiger partial charge in [0.25, 0.3) is 5.56 Å². The van der Waals surface area contributed by atoms with E-state index in [9.17, 15) is 9.59 Å². The van der Waals surface area contributed by atoms with Gasteiger partial charge in [-0.05, 0) is 47.0 Å². The third-order valence-corrected chi connectivity index (χ3v) is 4.95. The molecular formula is C19H18BrN5O2. The number of para-hydroxylation sites is 2. The van der Waals surface area contributed by atoms with Crippen LogP contribution in [0.2, 0.25) is 0 Å². The Morgan fingerprint density at radius 1 is 1.07 bits per heavy atom. The van der Waals surface area contributed by atoms with Gasteiger partial charge >= 0.3 is 0 Å². The lowest BCUT2D eigenvalue weighted by Gasteiger charge is -2.20. The minimum absolute atomic E-state index is 0.0911. The van der Waals surface area contributed by atoms with Crippen LogP contribution in [-0.4, -0.2) is 33.5 Å². The summed E-state index contributed by atoms with van der Waals surface area (Å²) in [5.41, 5.74) is 1.27. The molecule has 2 aromatic heterocycles. The summed E-state index contributed by atoms with van der Waals surface area (Å²) in [6, 6.07) is 10.7. The number of carbonyl (C=O) groups excluding carboxylic acids is 1. The minimum atomic E-state index is -0.319. The van der Waals surface area contributed by atoms with E-state index in [1.54, 1.807) is 12.3 Å². The normalized spacial score (nSPS) is 13.9. The number of hydrogen-bond donors (Lipinski definition) is 1. The van der Waals surface area contributed by atoms with Crippen LogP contribution >= 0.6 is 15.9 Å². The van der Waals surface area contributed by atoms with E-state index < -0.39 is 0 Å². The van der Waals surface area contributed by atoms with Crippen LogP contribution < -0.4 is 15.8 Å². The summed E-state index contributed by atoms with van der Waals surface area (Å²) in [5, 5.41) is 2.85.